The quantitative estimate of drug-likeness (QED) is 0.201. The first-order valence-electron chi connectivity index (χ1n) is 14.8. The van der Waals surface area contributed by atoms with Gasteiger partial charge in [0.25, 0.3) is 10.0 Å². The van der Waals surface area contributed by atoms with E-state index < -0.39 is 28.5 Å². The molecule has 5 rings (SSSR count). The molecule has 0 heterocycles. The first-order valence-corrected chi connectivity index (χ1v) is 16.6. The highest BCUT2D eigenvalue weighted by Crippen LogP contribution is 2.31. The van der Waals surface area contributed by atoms with Gasteiger partial charge in [0.1, 0.15) is 12.6 Å². The van der Waals surface area contributed by atoms with Gasteiger partial charge in [-0.25, -0.2) is 8.42 Å². The number of para-hydroxylation sites is 1. The highest BCUT2D eigenvalue weighted by atomic mass is 35.5. The summed E-state index contributed by atoms with van der Waals surface area (Å²) in [6.45, 7) is -0.424. The molecule has 0 spiro atoms. The maximum atomic E-state index is 14.5. The van der Waals surface area contributed by atoms with Gasteiger partial charge in [-0.05, 0) is 48.2 Å². The van der Waals surface area contributed by atoms with Crippen LogP contribution in [0, 0.1) is 0 Å². The summed E-state index contributed by atoms with van der Waals surface area (Å²) in [5, 5.41) is 3.37. The first kappa shape index (κ1) is 31.3. The summed E-state index contributed by atoms with van der Waals surface area (Å²) in [5.41, 5.74) is 1.90. The third-order valence-electron chi connectivity index (χ3n) is 7.90. The lowest BCUT2D eigenvalue weighted by molar-refractivity contribution is -0.140. The Hall–Kier alpha value is -4.14. The number of benzene rings is 4. The first-order chi connectivity index (χ1) is 21.3. The second-order valence-electron chi connectivity index (χ2n) is 11.0. The van der Waals surface area contributed by atoms with Crippen molar-refractivity contribution in [3.63, 3.8) is 0 Å². The third kappa shape index (κ3) is 7.68. The van der Waals surface area contributed by atoms with E-state index in [0.717, 1.165) is 41.1 Å². The standard InChI is InChI=1S/C35H36ClN3O4S/c36-31-22-12-13-23-32(31)39(44(42,43)30-20-8-3-9-21-30)26-34(40)38(25-28-16-6-2-7-17-28)33(24-27-14-4-1-5-15-27)35(41)37-29-18-10-11-19-29/h1-9,12-17,20-23,29,33H,10-11,18-19,24-26H2,(H,37,41)/t33-/m0/s1. The second-order valence-corrected chi connectivity index (χ2v) is 13.2. The Balaban J connectivity index is 1.55. The molecule has 0 aromatic heterocycles. The molecule has 1 aliphatic rings. The molecule has 2 amide bonds. The van der Waals surface area contributed by atoms with E-state index in [1.807, 2.05) is 60.7 Å². The fraction of sp³-hybridized carbons (Fsp3) is 0.257. The number of carbonyl (C=O) groups is 2. The molecular formula is C35H36ClN3O4S. The SMILES string of the molecule is O=C(NC1CCCC1)[C@H](Cc1ccccc1)N(Cc1ccccc1)C(=O)CN(c1ccccc1Cl)S(=O)(=O)c1ccccc1. The number of nitrogens with one attached hydrogen (secondary N) is 1. The summed E-state index contributed by atoms with van der Waals surface area (Å²) in [6, 6.07) is 32.6. The van der Waals surface area contributed by atoms with Gasteiger partial charge in [-0.15, -0.1) is 0 Å². The molecule has 0 unspecified atom stereocenters. The van der Waals surface area contributed by atoms with Crippen LogP contribution in [-0.2, 0) is 32.6 Å². The lowest BCUT2D eigenvalue weighted by Crippen LogP contribution is -2.54. The molecule has 9 heteroatoms. The molecule has 0 bridgehead atoms. The number of sulfonamides is 1. The third-order valence-corrected chi connectivity index (χ3v) is 9.99. The fourth-order valence-corrected chi connectivity index (χ4v) is 7.33. The van der Waals surface area contributed by atoms with Crippen molar-refractivity contribution >= 4 is 39.1 Å². The highest BCUT2D eigenvalue weighted by Gasteiger charge is 2.36. The van der Waals surface area contributed by atoms with Crippen LogP contribution in [0.3, 0.4) is 0 Å². The van der Waals surface area contributed by atoms with E-state index in [4.69, 9.17) is 11.6 Å². The van der Waals surface area contributed by atoms with Crippen molar-refractivity contribution < 1.29 is 18.0 Å². The van der Waals surface area contributed by atoms with Gasteiger partial charge in [-0.2, -0.15) is 0 Å². The lowest BCUT2D eigenvalue weighted by atomic mass is 10.0. The van der Waals surface area contributed by atoms with E-state index in [1.54, 1.807) is 42.5 Å². The van der Waals surface area contributed by atoms with E-state index in [-0.39, 0.29) is 40.5 Å². The van der Waals surface area contributed by atoms with Crippen molar-refractivity contribution in [3.8, 4) is 0 Å². The van der Waals surface area contributed by atoms with Gasteiger partial charge in [-0.3, -0.25) is 13.9 Å². The van der Waals surface area contributed by atoms with Gasteiger partial charge in [0.05, 0.1) is 15.6 Å². The summed E-state index contributed by atoms with van der Waals surface area (Å²) in [7, 11) is -4.20. The minimum atomic E-state index is -4.20. The predicted molar refractivity (Wildman–Crippen MR) is 174 cm³/mol. The summed E-state index contributed by atoms with van der Waals surface area (Å²) >= 11 is 6.53. The van der Waals surface area contributed by atoms with Crippen molar-refractivity contribution in [1.29, 1.82) is 0 Å². The normalized spacial score (nSPS) is 14.1. The molecule has 44 heavy (non-hydrogen) atoms. The number of hydrogen-bond acceptors (Lipinski definition) is 4. The van der Waals surface area contributed by atoms with E-state index in [9.17, 15) is 18.0 Å². The molecule has 7 nitrogen and oxygen atoms in total. The van der Waals surface area contributed by atoms with Gasteiger partial charge in [0.15, 0.2) is 0 Å². The maximum Gasteiger partial charge on any atom is 0.264 e. The minimum Gasteiger partial charge on any atom is -0.352 e. The van der Waals surface area contributed by atoms with Crippen LogP contribution in [-0.4, -0.2) is 43.8 Å². The largest absolute Gasteiger partial charge is 0.352 e. The van der Waals surface area contributed by atoms with Crippen LogP contribution in [0.5, 0.6) is 0 Å². The van der Waals surface area contributed by atoms with Gasteiger partial charge < -0.3 is 10.2 Å². The molecule has 1 fully saturated rings. The molecule has 1 aliphatic carbocycles. The summed E-state index contributed by atoms with van der Waals surface area (Å²) in [6.07, 6.45) is 4.16. The van der Waals surface area contributed by atoms with Crippen molar-refractivity contribution in [2.24, 2.45) is 0 Å². The van der Waals surface area contributed by atoms with E-state index in [2.05, 4.69) is 5.32 Å². The number of amides is 2. The van der Waals surface area contributed by atoms with Gasteiger partial charge in [0.2, 0.25) is 11.8 Å². The Labute approximate surface area is 264 Å². The van der Waals surface area contributed by atoms with Crippen molar-refractivity contribution in [1.82, 2.24) is 10.2 Å². The van der Waals surface area contributed by atoms with Crippen LogP contribution in [0.2, 0.25) is 5.02 Å². The van der Waals surface area contributed by atoms with Crippen LogP contribution < -0.4 is 9.62 Å². The van der Waals surface area contributed by atoms with E-state index in [1.165, 1.54) is 17.0 Å². The average molecular weight is 630 g/mol. The topological polar surface area (TPSA) is 86.8 Å². The Morgan fingerprint density at radius 3 is 1.93 bits per heavy atom. The highest BCUT2D eigenvalue weighted by molar-refractivity contribution is 7.92. The number of rotatable bonds is 12. The molecule has 228 valence electrons. The number of hydrogen-bond donors (Lipinski definition) is 1. The van der Waals surface area contributed by atoms with Crippen molar-refractivity contribution in [3.05, 3.63) is 131 Å². The molecule has 0 aliphatic heterocycles. The summed E-state index contributed by atoms with van der Waals surface area (Å²) in [4.78, 5) is 30.0. The zero-order valence-corrected chi connectivity index (χ0v) is 26.0. The molecule has 4 aromatic carbocycles. The van der Waals surface area contributed by atoms with Crippen LogP contribution in [0.1, 0.15) is 36.8 Å². The average Bonchev–Trinajstić information content (AvgIpc) is 3.56. The van der Waals surface area contributed by atoms with Gasteiger partial charge in [-0.1, -0.05) is 115 Å². The summed E-state index contributed by atoms with van der Waals surface area (Å²) in [5.74, 6) is -0.768. The Bertz CT molecular complexity index is 1650. The lowest BCUT2D eigenvalue weighted by Gasteiger charge is -2.34. The number of nitrogens with zero attached hydrogens (tertiary/aromatic N) is 2. The zero-order valence-electron chi connectivity index (χ0n) is 24.4. The Morgan fingerprint density at radius 1 is 0.773 bits per heavy atom. The van der Waals surface area contributed by atoms with Crippen LogP contribution >= 0.6 is 11.6 Å². The Kier molecular flexibility index (Phi) is 10.4. The predicted octanol–water partition coefficient (Wildman–Crippen LogP) is 6.23. The fourth-order valence-electron chi connectivity index (χ4n) is 5.59. The Morgan fingerprint density at radius 2 is 1.32 bits per heavy atom. The van der Waals surface area contributed by atoms with Crippen molar-refractivity contribution in [2.45, 2.75) is 55.6 Å². The number of halogens is 1. The van der Waals surface area contributed by atoms with Crippen LogP contribution in [0.25, 0.3) is 0 Å². The molecule has 1 N–H and O–H groups in total. The molecule has 4 aromatic rings. The number of carbonyl (C=O) groups excluding carboxylic acids is 2. The monoisotopic (exact) mass is 629 g/mol. The summed E-state index contributed by atoms with van der Waals surface area (Å²) < 4.78 is 29.1. The maximum absolute atomic E-state index is 14.5. The van der Waals surface area contributed by atoms with Gasteiger partial charge >= 0.3 is 0 Å². The molecule has 0 saturated heterocycles. The smallest absolute Gasteiger partial charge is 0.264 e. The van der Waals surface area contributed by atoms with E-state index in [0.29, 0.717) is 0 Å². The zero-order chi connectivity index (χ0) is 30.9. The molecular weight excluding hydrogens is 594 g/mol. The van der Waals surface area contributed by atoms with Crippen molar-refractivity contribution in [2.75, 3.05) is 10.8 Å². The van der Waals surface area contributed by atoms with Crippen LogP contribution in [0.15, 0.2) is 120 Å². The molecule has 0 radical (unpaired) electrons. The molecule has 1 atom stereocenters. The minimum absolute atomic E-state index is 0.0298. The van der Waals surface area contributed by atoms with Gasteiger partial charge in [0, 0.05) is 19.0 Å². The van der Waals surface area contributed by atoms with Crippen LogP contribution in [0.4, 0.5) is 5.69 Å². The van der Waals surface area contributed by atoms with E-state index >= 15 is 0 Å². The molecule has 1 saturated carbocycles. The second kappa shape index (κ2) is 14.6. The number of anilines is 1.